The molecular weight excluding hydrogens is 242 g/mol. The van der Waals surface area contributed by atoms with Crippen molar-refractivity contribution in [1.82, 2.24) is 5.32 Å². The van der Waals surface area contributed by atoms with Crippen LogP contribution in [0.3, 0.4) is 0 Å². The van der Waals surface area contributed by atoms with E-state index in [4.69, 9.17) is 5.11 Å². The molecule has 0 saturated heterocycles. The number of unbranched alkanes of at least 4 members (excludes halogenated alkanes) is 4. The standard InChI is InChI=1S/C15H27NO3/c1-2-3-4-5-6-11-14(17)16-13-10-8-7-9-12(13)15(18)19/h12-13H,2-11H2,1H3,(H,16,17)(H,18,19). The predicted octanol–water partition coefficient (Wildman–Crippen LogP) is 3.11. The van der Waals surface area contributed by atoms with E-state index in [1.54, 1.807) is 0 Å². The largest absolute Gasteiger partial charge is 0.481 e. The van der Waals surface area contributed by atoms with Crippen molar-refractivity contribution in [2.75, 3.05) is 0 Å². The number of carbonyl (C=O) groups excluding carboxylic acids is 1. The van der Waals surface area contributed by atoms with E-state index in [9.17, 15) is 9.59 Å². The predicted molar refractivity (Wildman–Crippen MR) is 74.9 cm³/mol. The lowest BCUT2D eigenvalue weighted by Crippen LogP contribution is -2.45. The van der Waals surface area contributed by atoms with Crippen molar-refractivity contribution < 1.29 is 14.7 Å². The second kappa shape index (κ2) is 8.94. The van der Waals surface area contributed by atoms with Gasteiger partial charge < -0.3 is 10.4 Å². The third-order valence-corrected chi connectivity index (χ3v) is 3.94. The van der Waals surface area contributed by atoms with Gasteiger partial charge in [0.2, 0.25) is 5.91 Å². The highest BCUT2D eigenvalue weighted by Gasteiger charge is 2.31. The summed E-state index contributed by atoms with van der Waals surface area (Å²) in [4.78, 5) is 22.9. The maximum Gasteiger partial charge on any atom is 0.308 e. The minimum Gasteiger partial charge on any atom is -0.481 e. The molecule has 2 atom stereocenters. The summed E-state index contributed by atoms with van der Waals surface area (Å²) < 4.78 is 0. The van der Waals surface area contributed by atoms with Gasteiger partial charge in [-0.25, -0.2) is 0 Å². The second-order valence-electron chi connectivity index (χ2n) is 5.57. The van der Waals surface area contributed by atoms with Crippen molar-refractivity contribution in [2.24, 2.45) is 5.92 Å². The zero-order valence-electron chi connectivity index (χ0n) is 12.0. The monoisotopic (exact) mass is 269 g/mol. The number of amides is 1. The van der Waals surface area contributed by atoms with E-state index >= 15 is 0 Å². The molecule has 19 heavy (non-hydrogen) atoms. The molecule has 0 aromatic heterocycles. The third-order valence-electron chi connectivity index (χ3n) is 3.94. The van der Waals surface area contributed by atoms with Gasteiger partial charge in [0.1, 0.15) is 0 Å². The van der Waals surface area contributed by atoms with Crippen molar-refractivity contribution in [3.63, 3.8) is 0 Å². The van der Waals surface area contributed by atoms with Crippen LogP contribution in [0.15, 0.2) is 0 Å². The Morgan fingerprint density at radius 2 is 1.79 bits per heavy atom. The van der Waals surface area contributed by atoms with E-state index in [-0.39, 0.29) is 11.9 Å². The summed E-state index contributed by atoms with van der Waals surface area (Å²) >= 11 is 0. The van der Waals surface area contributed by atoms with Gasteiger partial charge in [0.05, 0.1) is 5.92 Å². The summed E-state index contributed by atoms with van der Waals surface area (Å²) in [5.74, 6) is -1.14. The fourth-order valence-electron chi connectivity index (χ4n) is 2.77. The van der Waals surface area contributed by atoms with E-state index in [1.807, 2.05) is 0 Å². The maximum absolute atomic E-state index is 11.8. The van der Waals surface area contributed by atoms with Crippen molar-refractivity contribution in [3.8, 4) is 0 Å². The summed E-state index contributed by atoms with van der Waals surface area (Å²) in [5, 5.41) is 12.1. The van der Waals surface area contributed by atoms with E-state index in [0.717, 1.165) is 32.1 Å². The number of carboxylic acids is 1. The number of carboxylic acid groups (broad SMARTS) is 1. The average Bonchev–Trinajstić information content (AvgIpc) is 2.39. The fourth-order valence-corrected chi connectivity index (χ4v) is 2.77. The third kappa shape index (κ3) is 6.08. The van der Waals surface area contributed by atoms with Gasteiger partial charge in [0.15, 0.2) is 0 Å². The lowest BCUT2D eigenvalue weighted by molar-refractivity contribution is -0.144. The van der Waals surface area contributed by atoms with Crippen LogP contribution >= 0.6 is 0 Å². The van der Waals surface area contributed by atoms with Gasteiger partial charge in [0, 0.05) is 12.5 Å². The highest BCUT2D eigenvalue weighted by atomic mass is 16.4. The van der Waals surface area contributed by atoms with Crippen molar-refractivity contribution in [3.05, 3.63) is 0 Å². The molecule has 0 aromatic rings. The van der Waals surface area contributed by atoms with Crippen LogP contribution in [0.25, 0.3) is 0 Å². The summed E-state index contributed by atoms with van der Waals surface area (Å²) in [6.45, 7) is 2.17. The summed E-state index contributed by atoms with van der Waals surface area (Å²) in [6, 6.07) is -0.158. The molecule has 1 aliphatic rings. The van der Waals surface area contributed by atoms with Gasteiger partial charge in [-0.15, -0.1) is 0 Å². The number of rotatable bonds is 8. The van der Waals surface area contributed by atoms with Gasteiger partial charge in [-0.1, -0.05) is 45.4 Å². The normalized spacial score (nSPS) is 23.0. The Morgan fingerprint density at radius 1 is 1.11 bits per heavy atom. The quantitative estimate of drug-likeness (QED) is 0.665. The van der Waals surface area contributed by atoms with Crippen LogP contribution in [0.2, 0.25) is 0 Å². The first-order valence-corrected chi connectivity index (χ1v) is 7.67. The zero-order chi connectivity index (χ0) is 14.1. The van der Waals surface area contributed by atoms with Crippen LogP contribution in [-0.2, 0) is 9.59 Å². The van der Waals surface area contributed by atoms with Gasteiger partial charge in [-0.3, -0.25) is 9.59 Å². The lowest BCUT2D eigenvalue weighted by atomic mass is 9.84. The SMILES string of the molecule is CCCCCCCC(=O)NC1CCCCC1C(=O)O. The molecule has 4 nitrogen and oxygen atoms in total. The van der Waals surface area contributed by atoms with Gasteiger partial charge in [-0.2, -0.15) is 0 Å². The van der Waals surface area contributed by atoms with Crippen LogP contribution in [0.4, 0.5) is 0 Å². The Hall–Kier alpha value is -1.06. The Morgan fingerprint density at radius 3 is 2.47 bits per heavy atom. The first-order chi connectivity index (χ1) is 9.15. The van der Waals surface area contributed by atoms with Gasteiger partial charge in [0.25, 0.3) is 0 Å². The van der Waals surface area contributed by atoms with Gasteiger partial charge in [-0.05, 0) is 19.3 Å². The summed E-state index contributed by atoms with van der Waals surface area (Å²) in [5.41, 5.74) is 0. The van der Waals surface area contributed by atoms with E-state index < -0.39 is 11.9 Å². The highest BCUT2D eigenvalue weighted by molar-refractivity contribution is 5.78. The van der Waals surface area contributed by atoms with Crippen molar-refractivity contribution >= 4 is 11.9 Å². The molecule has 110 valence electrons. The molecule has 1 amide bonds. The van der Waals surface area contributed by atoms with Crippen LogP contribution in [0, 0.1) is 5.92 Å². The fraction of sp³-hybridized carbons (Fsp3) is 0.867. The summed E-state index contributed by atoms with van der Waals surface area (Å²) in [7, 11) is 0. The van der Waals surface area contributed by atoms with Crippen LogP contribution in [0.5, 0.6) is 0 Å². The number of carbonyl (C=O) groups is 2. The maximum atomic E-state index is 11.8. The van der Waals surface area contributed by atoms with Gasteiger partial charge >= 0.3 is 5.97 Å². The molecule has 1 aliphatic carbocycles. The molecular formula is C15H27NO3. The van der Waals surface area contributed by atoms with Crippen LogP contribution in [0.1, 0.15) is 71.1 Å². The molecule has 0 bridgehead atoms. The first kappa shape index (κ1) is 16.0. The minimum atomic E-state index is -0.770. The Labute approximate surface area is 116 Å². The Kier molecular flexibility index (Phi) is 7.53. The van der Waals surface area contributed by atoms with Crippen molar-refractivity contribution in [1.29, 1.82) is 0 Å². The zero-order valence-corrected chi connectivity index (χ0v) is 12.0. The van der Waals surface area contributed by atoms with Crippen LogP contribution in [-0.4, -0.2) is 23.0 Å². The molecule has 0 heterocycles. The molecule has 2 N–H and O–H groups in total. The lowest BCUT2D eigenvalue weighted by Gasteiger charge is -2.29. The number of hydrogen-bond acceptors (Lipinski definition) is 2. The average molecular weight is 269 g/mol. The van der Waals surface area contributed by atoms with Crippen molar-refractivity contribution in [2.45, 2.75) is 77.2 Å². The second-order valence-corrected chi connectivity index (χ2v) is 5.57. The van der Waals surface area contributed by atoms with E-state index in [2.05, 4.69) is 12.2 Å². The molecule has 0 radical (unpaired) electrons. The number of aliphatic carboxylic acids is 1. The molecule has 0 spiro atoms. The highest BCUT2D eigenvalue weighted by Crippen LogP contribution is 2.24. The van der Waals surface area contributed by atoms with E-state index in [0.29, 0.717) is 12.8 Å². The smallest absolute Gasteiger partial charge is 0.308 e. The molecule has 1 fully saturated rings. The number of hydrogen-bond donors (Lipinski definition) is 2. The molecule has 4 heteroatoms. The van der Waals surface area contributed by atoms with E-state index in [1.165, 1.54) is 19.3 Å². The topological polar surface area (TPSA) is 66.4 Å². The summed E-state index contributed by atoms with van der Waals surface area (Å²) in [6.07, 6.45) is 9.63. The first-order valence-electron chi connectivity index (χ1n) is 7.67. The number of nitrogens with one attached hydrogen (secondary N) is 1. The molecule has 2 unspecified atom stereocenters. The van der Waals surface area contributed by atoms with Crippen LogP contribution < -0.4 is 5.32 Å². The molecule has 1 rings (SSSR count). The molecule has 0 aromatic carbocycles. The molecule has 1 saturated carbocycles. The Balaban J connectivity index is 2.24. The minimum absolute atomic E-state index is 0.0228. The Bertz CT molecular complexity index is 291. The molecule has 0 aliphatic heterocycles.